The molecule has 0 aliphatic carbocycles. The molecule has 0 unspecified atom stereocenters. The fourth-order valence-electron chi connectivity index (χ4n) is 2.69. The third-order valence-corrected chi connectivity index (χ3v) is 3.99. The van der Waals surface area contributed by atoms with E-state index in [1.807, 2.05) is 54.6 Å². The SMILES string of the molecule is NOC(=O)c1ccc(C(=O)c2ccccc2Cc2ccccc2)cc1.[NaH]. The average molecular weight is 355 g/mol. The molecule has 0 heterocycles. The zero-order valence-electron chi connectivity index (χ0n) is 13.5. The molecule has 3 aromatic rings. The zero-order chi connectivity index (χ0) is 17.6. The van der Waals surface area contributed by atoms with E-state index in [4.69, 9.17) is 5.90 Å². The molecular weight excluding hydrogens is 337 g/mol. The fourth-order valence-corrected chi connectivity index (χ4v) is 2.69. The van der Waals surface area contributed by atoms with Gasteiger partial charge in [-0.15, -0.1) is 0 Å². The van der Waals surface area contributed by atoms with Gasteiger partial charge in [0.15, 0.2) is 5.78 Å². The number of carbonyl (C=O) groups is 2. The molecule has 0 aliphatic rings. The number of hydrogen-bond donors (Lipinski definition) is 1. The van der Waals surface area contributed by atoms with Crippen molar-refractivity contribution in [1.82, 2.24) is 0 Å². The van der Waals surface area contributed by atoms with Crippen LogP contribution in [-0.2, 0) is 11.3 Å². The Hall–Kier alpha value is -2.24. The zero-order valence-corrected chi connectivity index (χ0v) is 13.5. The van der Waals surface area contributed by atoms with E-state index >= 15 is 0 Å². The molecule has 0 aliphatic heterocycles. The number of hydrogen-bond acceptors (Lipinski definition) is 4. The van der Waals surface area contributed by atoms with Gasteiger partial charge in [0.2, 0.25) is 0 Å². The van der Waals surface area contributed by atoms with Crippen molar-refractivity contribution in [2.45, 2.75) is 6.42 Å². The average Bonchev–Trinajstić information content (AvgIpc) is 2.68. The van der Waals surface area contributed by atoms with Crippen molar-refractivity contribution in [2.24, 2.45) is 5.90 Å². The number of carbonyl (C=O) groups excluding carboxylic acids is 2. The predicted molar refractivity (Wildman–Crippen MR) is 102 cm³/mol. The molecule has 0 bridgehead atoms. The first kappa shape index (κ1) is 20.1. The molecule has 126 valence electrons. The molecule has 4 nitrogen and oxygen atoms in total. The van der Waals surface area contributed by atoms with Crippen LogP contribution in [0.3, 0.4) is 0 Å². The Morgan fingerprint density at radius 1 is 0.769 bits per heavy atom. The summed E-state index contributed by atoms with van der Waals surface area (Å²) in [7, 11) is 0. The molecule has 0 atom stereocenters. The maximum atomic E-state index is 12.9. The summed E-state index contributed by atoms with van der Waals surface area (Å²) in [6, 6.07) is 23.8. The van der Waals surface area contributed by atoms with Crippen molar-refractivity contribution >= 4 is 41.3 Å². The van der Waals surface area contributed by atoms with Gasteiger partial charge in [-0.2, -0.15) is 5.90 Å². The standard InChI is InChI=1S/C21H17NO3.Na.H/c22-25-21(24)17-12-10-16(11-13-17)20(23)19-9-5-4-8-18(19)14-15-6-2-1-3-7-15;;/h1-13H,14,22H2;;. The Balaban J connectivity index is 0.00000243. The number of rotatable bonds is 5. The molecule has 2 N–H and O–H groups in total. The molecule has 26 heavy (non-hydrogen) atoms. The van der Waals surface area contributed by atoms with Gasteiger partial charge in [-0.05, 0) is 29.7 Å². The van der Waals surface area contributed by atoms with Crippen LogP contribution in [0.4, 0.5) is 0 Å². The second kappa shape index (κ2) is 9.46. The van der Waals surface area contributed by atoms with Gasteiger partial charge < -0.3 is 4.84 Å². The summed E-state index contributed by atoms with van der Waals surface area (Å²) in [5.41, 5.74) is 3.57. The van der Waals surface area contributed by atoms with Gasteiger partial charge in [0.1, 0.15) is 0 Å². The summed E-state index contributed by atoms with van der Waals surface area (Å²) in [4.78, 5) is 28.4. The summed E-state index contributed by atoms with van der Waals surface area (Å²) in [6.45, 7) is 0. The van der Waals surface area contributed by atoms with Crippen molar-refractivity contribution in [3.63, 3.8) is 0 Å². The van der Waals surface area contributed by atoms with E-state index in [2.05, 4.69) is 4.84 Å². The molecule has 0 radical (unpaired) electrons. The molecule has 0 saturated heterocycles. The van der Waals surface area contributed by atoms with Crippen LogP contribution in [0.1, 0.15) is 37.4 Å². The minimum absolute atomic E-state index is 0. The van der Waals surface area contributed by atoms with Crippen LogP contribution in [0.5, 0.6) is 0 Å². The Morgan fingerprint density at radius 3 is 2.00 bits per heavy atom. The topological polar surface area (TPSA) is 69.4 Å². The second-order valence-corrected chi connectivity index (χ2v) is 5.63. The van der Waals surface area contributed by atoms with Gasteiger partial charge in [0.25, 0.3) is 0 Å². The molecular formula is C21H18NNaO3. The monoisotopic (exact) mass is 355 g/mol. The van der Waals surface area contributed by atoms with Gasteiger partial charge >= 0.3 is 35.5 Å². The van der Waals surface area contributed by atoms with E-state index in [1.54, 1.807) is 12.1 Å². The Kier molecular flexibility index (Phi) is 7.30. The van der Waals surface area contributed by atoms with E-state index in [0.717, 1.165) is 11.1 Å². The fraction of sp³-hybridized carbons (Fsp3) is 0.0476. The molecule has 5 heteroatoms. The predicted octanol–water partition coefficient (Wildman–Crippen LogP) is 2.89. The van der Waals surface area contributed by atoms with Gasteiger partial charge in [-0.25, -0.2) is 4.79 Å². The summed E-state index contributed by atoms with van der Waals surface area (Å²) in [5.74, 6) is 4.15. The van der Waals surface area contributed by atoms with E-state index in [-0.39, 0.29) is 35.3 Å². The maximum absolute atomic E-state index is 12.9. The quantitative estimate of drug-likeness (QED) is 0.434. The minimum atomic E-state index is -0.636. The van der Waals surface area contributed by atoms with Gasteiger partial charge in [-0.3, -0.25) is 4.79 Å². The molecule has 0 saturated carbocycles. The van der Waals surface area contributed by atoms with Crippen LogP contribution >= 0.6 is 0 Å². The molecule has 3 rings (SSSR count). The van der Waals surface area contributed by atoms with Crippen LogP contribution < -0.4 is 5.90 Å². The van der Waals surface area contributed by atoms with Crippen molar-refractivity contribution in [3.8, 4) is 0 Å². The van der Waals surface area contributed by atoms with E-state index in [0.29, 0.717) is 23.1 Å². The van der Waals surface area contributed by atoms with E-state index < -0.39 is 5.97 Å². The van der Waals surface area contributed by atoms with Crippen molar-refractivity contribution in [2.75, 3.05) is 0 Å². The van der Waals surface area contributed by atoms with Crippen LogP contribution in [0.2, 0.25) is 0 Å². The van der Waals surface area contributed by atoms with Gasteiger partial charge in [0.05, 0.1) is 5.56 Å². The summed E-state index contributed by atoms with van der Waals surface area (Å²) >= 11 is 0. The first-order valence-corrected chi connectivity index (χ1v) is 7.86. The normalized spacial score (nSPS) is 9.88. The Morgan fingerprint density at radius 2 is 1.35 bits per heavy atom. The third-order valence-electron chi connectivity index (χ3n) is 3.99. The van der Waals surface area contributed by atoms with Crippen molar-refractivity contribution in [1.29, 1.82) is 0 Å². The summed E-state index contributed by atoms with van der Waals surface area (Å²) in [6.07, 6.45) is 0.681. The Bertz CT molecular complexity index is 893. The van der Waals surface area contributed by atoms with Crippen LogP contribution in [0, 0.1) is 0 Å². The molecule has 0 spiro atoms. The van der Waals surface area contributed by atoms with Crippen LogP contribution in [0.25, 0.3) is 0 Å². The first-order chi connectivity index (χ1) is 12.2. The van der Waals surface area contributed by atoms with Crippen molar-refractivity contribution < 1.29 is 14.4 Å². The molecule has 0 aromatic heterocycles. The number of benzene rings is 3. The molecule has 3 aromatic carbocycles. The van der Waals surface area contributed by atoms with Gasteiger partial charge in [-0.1, -0.05) is 66.7 Å². The summed E-state index contributed by atoms with van der Waals surface area (Å²) < 4.78 is 0. The van der Waals surface area contributed by atoms with Crippen LogP contribution in [-0.4, -0.2) is 41.3 Å². The number of nitrogens with two attached hydrogens (primary N) is 1. The second-order valence-electron chi connectivity index (χ2n) is 5.63. The molecule has 0 amide bonds. The molecule has 0 fully saturated rings. The third kappa shape index (κ3) is 4.68. The Labute approximate surface area is 174 Å². The summed E-state index contributed by atoms with van der Waals surface area (Å²) in [5, 5.41) is 0. The van der Waals surface area contributed by atoms with Crippen LogP contribution in [0.15, 0.2) is 78.9 Å². The van der Waals surface area contributed by atoms with Crippen molar-refractivity contribution in [3.05, 3.63) is 107 Å². The van der Waals surface area contributed by atoms with E-state index in [9.17, 15) is 9.59 Å². The number of ketones is 1. The first-order valence-electron chi connectivity index (χ1n) is 7.86. The van der Waals surface area contributed by atoms with E-state index in [1.165, 1.54) is 12.1 Å². The van der Waals surface area contributed by atoms with Gasteiger partial charge in [0, 0.05) is 11.1 Å².